The van der Waals surface area contributed by atoms with Crippen LogP contribution in [-0.4, -0.2) is 44.9 Å². The van der Waals surface area contributed by atoms with Gasteiger partial charge in [-0.15, -0.1) is 0 Å². The number of carbonyl (C=O) groups excluding carboxylic acids is 1. The molecule has 1 aromatic carbocycles. The van der Waals surface area contributed by atoms with E-state index in [0.717, 1.165) is 12.8 Å². The summed E-state index contributed by atoms with van der Waals surface area (Å²) in [7, 11) is 1.59. The summed E-state index contributed by atoms with van der Waals surface area (Å²) in [6.45, 7) is 6.40. The van der Waals surface area contributed by atoms with Crippen molar-refractivity contribution in [3.63, 3.8) is 0 Å². The Bertz CT molecular complexity index is 1370. The number of amides is 1. The molecule has 3 heterocycles. The lowest BCUT2D eigenvalue weighted by atomic mass is 10.0. The van der Waals surface area contributed by atoms with Crippen LogP contribution >= 0.6 is 11.6 Å². The average molecular weight is 515 g/mol. The fourth-order valence-electron chi connectivity index (χ4n) is 4.52. The van der Waals surface area contributed by atoms with Crippen LogP contribution in [0.1, 0.15) is 44.7 Å². The highest BCUT2D eigenvalue weighted by atomic mass is 35.5. The molecule has 1 fully saturated rings. The van der Waals surface area contributed by atoms with Crippen LogP contribution in [0.5, 0.6) is 0 Å². The van der Waals surface area contributed by atoms with Crippen LogP contribution in [0.2, 0.25) is 5.15 Å². The molecular weight excluding hydrogens is 487 g/mol. The predicted octanol–water partition coefficient (Wildman–Crippen LogP) is 3.89. The summed E-state index contributed by atoms with van der Waals surface area (Å²) in [6, 6.07) is 7.41. The summed E-state index contributed by atoms with van der Waals surface area (Å²) in [4.78, 5) is 32.2. The summed E-state index contributed by atoms with van der Waals surface area (Å²) in [5, 5.41) is 12.7. The number of carbonyl (C=O) groups is 1. The highest BCUT2D eigenvalue weighted by Crippen LogP contribution is 2.35. The van der Waals surface area contributed by atoms with E-state index in [2.05, 4.69) is 16.4 Å². The maximum Gasteiger partial charge on any atom is 0.407 e. The van der Waals surface area contributed by atoms with Crippen molar-refractivity contribution in [3.8, 4) is 17.5 Å². The minimum Gasteiger partial charge on any atom is -0.444 e. The third-order valence-electron chi connectivity index (χ3n) is 6.01. The van der Waals surface area contributed by atoms with Gasteiger partial charge in [-0.3, -0.25) is 9.13 Å². The molecule has 3 aliphatic rings. The standard InChI is InChI=1S/C25H28ClFN6O3/c1-25(2,3)36-23(34)29-18-6-5-9-32(14-18)22-19-11-20(26)30-21(19)31(4)24(35)33(22)13-16-10-17(27)8-7-15(16)12-28/h7-8,10-11,18H,5-6,9,13-14H2,1-4H3,(H,29,34)/t18-/m1/s1. The molecule has 0 bridgehead atoms. The Morgan fingerprint density at radius 3 is 2.81 bits per heavy atom. The number of nitrogens with one attached hydrogen (secondary N) is 1. The number of alkyl carbamates (subject to hydrolysis) is 1. The molecule has 1 N–H and O–H groups in total. The first kappa shape index (κ1) is 25.5. The van der Waals surface area contributed by atoms with Gasteiger partial charge in [-0.2, -0.15) is 5.26 Å². The van der Waals surface area contributed by atoms with Crippen LogP contribution in [0.15, 0.2) is 29.1 Å². The number of aromatic nitrogens is 3. The van der Waals surface area contributed by atoms with E-state index in [9.17, 15) is 19.2 Å². The van der Waals surface area contributed by atoms with Gasteiger partial charge >= 0.3 is 11.8 Å². The second-order valence-electron chi connectivity index (χ2n) is 9.91. The number of hydrogen-bond acceptors (Lipinski definition) is 6. The number of piperidine rings is 1. The van der Waals surface area contributed by atoms with Gasteiger partial charge in [0.1, 0.15) is 28.2 Å². The zero-order valence-corrected chi connectivity index (χ0v) is 21.4. The maximum atomic E-state index is 14.1. The molecule has 4 rings (SSSR count). The lowest BCUT2D eigenvalue weighted by Gasteiger charge is -2.37. The molecule has 36 heavy (non-hydrogen) atoms. The van der Waals surface area contributed by atoms with E-state index in [0.29, 0.717) is 35.9 Å². The van der Waals surface area contributed by atoms with E-state index >= 15 is 0 Å². The van der Waals surface area contributed by atoms with Crippen LogP contribution in [0, 0.1) is 17.1 Å². The fraction of sp³-hybridized carbons (Fsp3) is 0.440. The van der Waals surface area contributed by atoms with E-state index in [1.807, 2.05) is 4.90 Å². The minimum atomic E-state index is -0.625. The molecule has 0 unspecified atom stereocenters. The molecule has 0 spiro atoms. The van der Waals surface area contributed by atoms with Gasteiger partial charge in [-0.25, -0.2) is 19.0 Å². The number of nitriles is 1. The van der Waals surface area contributed by atoms with Crippen molar-refractivity contribution in [3.05, 3.63) is 56.8 Å². The number of ether oxygens (including phenoxy) is 1. The molecular formula is C25H28ClFN6O3. The number of halogens is 2. The lowest BCUT2D eigenvalue weighted by molar-refractivity contribution is 0.0500. The van der Waals surface area contributed by atoms with Gasteiger partial charge in [-0.05, 0) is 63.4 Å². The summed E-state index contributed by atoms with van der Waals surface area (Å²) in [5.41, 5.74) is 0.294. The minimum absolute atomic E-state index is 0.0257. The zero-order valence-electron chi connectivity index (χ0n) is 20.6. The number of benzene rings is 1. The van der Waals surface area contributed by atoms with E-state index < -0.39 is 17.5 Å². The molecule has 0 radical (unpaired) electrons. The first-order valence-electron chi connectivity index (χ1n) is 11.7. The second kappa shape index (κ2) is 9.82. The van der Waals surface area contributed by atoms with Crippen LogP contribution in [0.3, 0.4) is 0 Å². The van der Waals surface area contributed by atoms with Crippen molar-refractivity contribution in [1.82, 2.24) is 19.4 Å². The predicted molar refractivity (Wildman–Crippen MR) is 134 cm³/mol. The fourth-order valence-corrected chi connectivity index (χ4v) is 4.71. The van der Waals surface area contributed by atoms with Crippen molar-refractivity contribution in [2.24, 2.45) is 7.05 Å². The highest BCUT2D eigenvalue weighted by Gasteiger charge is 2.30. The van der Waals surface area contributed by atoms with E-state index in [4.69, 9.17) is 16.3 Å². The van der Waals surface area contributed by atoms with E-state index in [1.54, 1.807) is 33.9 Å². The van der Waals surface area contributed by atoms with Gasteiger partial charge in [0.15, 0.2) is 0 Å². The third-order valence-corrected chi connectivity index (χ3v) is 6.20. The summed E-state index contributed by atoms with van der Waals surface area (Å²) in [6.07, 6.45) is 0.988. The Balaban J connectivity index is 1.77. The molecule has 0 aliphatic carbocycles. The topological polar surface area (TPSA) is 105 Å². The Hall–Kier alpha value is -3.58. The van der Waals surface area contributed by atoms with Gasteiger partial charge in [0, 0.05) is 26.2 Å². The summed E-state index contributed by atoms with van der Waals surface area (Å²) < 4.78 is 22.4. The largest absolute Gasteiger partial charge is 0.444 e. The monoisotopic (exact) mass is 514 g/mol. The molecule has 1 amide bonds. The van der Waals surface area contributed by atoms with Gasteiger partial charge < -0.3 is 15.0 Å². The lowest BCUT2D eigenvalue weighted by Crippen LogP contribution is -2.50. The Morgan fingerprint density at radius 2 is 2.11 bits per heavy atom. The van der Waals surface area contributed by atoms with Gasteiger partial charge in [0.05, 0.1) is 23.7 Å². The van der Waals surface area contributed by atoms with Crippen LogP contribution in [0.4, 0.5) is 15.0 Å². The molecule has 1 aromatic rings. The Morgan fingerprint density at radius 1 is 1.36 bits per heavy atom. The normalized spacial score (nSPS) is 16.1. The smallest absolute Gasteiger partial charge is 0.407 e. The Labute approximate surface area is 213 Å². The van der Waals surface area contributed by atoms with Gasteiger partial charge in [-0.1, -0.05) is 11.6 Å². The molecule has 1 saturated heterocycles. The Kier molecular flexibility index (Phi) is 6.96. The number of rotatable bonds is 4. The number of anilines is 1. The summed E-state index contributed by atoms with van der Waals surface area (Å²) in [5.74, 6) is 0.469. The third kappa shape index (κ3) is 5.31. The summed E-state index contributed by atoms with van der Waals surface area (Å²) >= 11 is 6.24. The molecule has 11 heteroatoms. The van der Waals surface area contributed by atoms with Crippen LogP contribution < -0.4 is 15.9 Å². The number of fused-ring (bicyclic) bond motifs is 1. The van der Waals surface area contributed by atoms with Crippen LogP contribution in [-0.2, 0) is 18.3 Å². The van der Waals surface area contributed by atoms with Crippen molar-refractivity contribution in [2.75, 3.05) is 18.0 Å². The van der Waals surface area contributed by atoms with Gasteiger partial charge in [0.25, 0.3) is 0 Å². The molecule has 0 aromatic heterocycles. The first-order chi connectivity index (χ1) is 17.0. The van der Waals surface area contributed by atoms with Crippen molar-refractivity contribution >= 4 is 23.5 Å². The first-order valence-corrected chi connectivity index (χ1v) is 12.0. The molecule has 0 saturated carbocycles. The number of hydrogen-bond donors (Lipinski definition) is 1. The van der Waals surface area contributed by atoms with Gasteiger partial charge in [0.2, 0.25) is 0 Å². The van der Waals surface area contributed by atoms with Crippen molar-refractivity contribution in [1.29, 1.82) is 5.26 Å². The molecule has 1 atom stereocenters. The average Bonchev–Trinajstić information content (AvgIpc) is 3.17. The second-order valence-corrected chi connectivity index (χ2v) is 10.3. The van der Waals surface area contributed by atoms with E-state index in [-0.39, 0.29) is 29.0 Å². The quantitative estimate of drug-likeness (QED) is 0.566. The molecule has 3 aliphatic heterocycles. The number of nitrogens with zero attached hydrogens (tertiary/aromatic N) is 5. The van der Waals surface area contributed by atoms with E-state index in [1.165, 1.54) is 27.3 Å². The van der Waals surface area contributed by atoms with Crippen LogP contribution in [0.25, 0.3) is 11.4 Å². The molecule has 9 nitrogen and oxygen atoms in total. The highest BCUT2D eigenvalue weighted by molar-refractivity contribution is 6.30. The molecule has 190 valence electrons. The maximum absolute atomic E-state index is 14.1. The SMILES string of the molecule is Cn1c2nc(Cl)cc-2c(N2CCC[C@@H](NC(=O)OC(C)(C)C)C2)n(Cc2cc(F)ccc2C#N)c1=O. The zero-order chi connectivity index (χ0) is 26.2. The van der Waals surface area contributed by atoms with Crippen molar-refractivity contribution in [2.45, 2.75) is 51.8 Å². The van der Waals surface area contributed by atoms with Crippen molar-refractivity contribution < 1.29 is 13.9 Å².